The van der Waals surface area contributed by atoms with Gasteiger partial charge in [0.05, 0.1) is 44.5 Å². The number of hydrogen-bond acceptors (Lipinski definition) is 15. The molecule has 0 aromatic heterocycles. The van der Waals surface area contributed by atoms with Gasteiger partial charge in [-0.1, -0.05) is 426 Å². The van der Waals surface area contributed by atoms with E-state index >= 15 is 0 Å². The second-order valence-electron chi connectivity index (χ2n) is 40.2. The number of unbranched alkanes of at least 4 members (excludes halogenated alkanes) is 64. The van der Waals surface area contributed by atoms with Gasteiger partial charge in [0.25, 0.3) is 8.53 Å². The highest BCUT2D eigenvalue weighted by molar-refractivity contribution is 7.44. The highest BCUT2D eigenvalue weighted by atomic mass is 31.2. The van der Waals surface area contributed by atoms with Crippen LogP contribution in [0.3, 0.4) is 0 Å². The lowest BCUT2D eigenvalue weighted by molar-refractivity contribution is -0.132. The molecule has 2 fully saturated rings. The highest BCUT2D eigenvalue weighted by Gasteiger charge is 2.38. The number of aliphatic hydroxyl groups is 1. The van der Waals surface area contributed by atoms with Crippen LogP contribution < -0.4 is 10.6 Å². The van der Waals surface area contributed by atoms with Crippen molar-refractivity contribution in [2.24, 2.45) is 0 Å². The molecular formula is C111H217N6O13P. The van der Waals surface area contributed by atoms with E-state index in [4.69, 9.17) is 42.7 Å². The maximum atomic E-state index is 13.3. The third-order valence-electron chi connectivity index (χ3n) is 26.7. The van der Waals surface area contributed by atoms with Crippen LogP contribution in [0.5, 0.6) is 0 Å². The van der Waals surface area contributed by atoms with Crippen LogP contribution >= 0.6 is 8.53 Å². The van der Waals surface area contributed by atoms with E-state index in [2.05, 4.69) is 83.7 Å². The zero-order chi connectivity index (χ0) is 95.2. The van der Waals surface area contributed by atoms with Crippen molar-refractivity contribution < 1.29 is 61.8 Å². The first-order chi connectivity index (χ1) is 64.1. The number of amides is 4. The largest absolute Gasteiger partial charge is 0.447 e. The van der Waals surface area contributed by atoms with E-state index in [0.717, 1.165) is 77.2 Å². The Morgan fingerprint density at radius 1 is 0.359 bits per heavy atom. The van der Waals surface area contributed by atoms with Crippen molar-refractivity contribution in [1.82, 2.24) is 25.1 Å². The van der Waals surface area contributed by atoms with Gasteiger partial charge in [-0.25, -0.2) is 14.3 Å². The highest BCUT2D eigenvalue weighted by Crippen LogP contribution is 2.48. The Balaban J connectivity index is 0.00000134. The lowest BCUT2D eigenvalue weighted by Gasteiger charge is -2.36. The van der Waals surface area contributed by atoms with Crippen molar-refractivity contribution in [2.45, 2.75) is 599 Å². The average molecular weight is 1870 g/mol. The molecule has 2 aliphatic rings. The minimum Gasteiger partial charge on any atom is -0.447 e. The summed E-state index contributed by atoms with van der Waals surface area (Å²) in [7, 11) is -1.35. The molecule has 19 nitrogen and oxygen atoms in total. The predicted molar refractivity (Wildman–Crippen MR) is 553 cm³/mol. The molecule has 2 rings (SSSR count). The van der Waals surface area contributed by atoms with Crippen molar-refractivity contribution in [3.05, 3.63) is 0 Å². The maximum absolute atomic E-state index is 13.3. The van der Waals surface area contributed by atoms with Gasteiger partial charge in [0.2, 0.25) is 11.8 Å². The molecule has 0 aromatic rings. The van der Waals surface area contributed by atoms with Crippen LogP contribution in [0, 0.1) is 11.3 Å². The fourth-order valence-corrected chi connectivity index (χ4v) is 20.2. The maximum Gasteiger partial charge on any atom is 0.407 e. The van der Waals surface area contributed by atoms with Crippen molar-refractivity contribution in [1.29, 1.82) is 5.26 Å². The fourth-order valence-electron chi connectivity index (χ4n) is 18.5. The van der Waals surface area contributed by atoms with Gasteiger partial charge in [-0.2, -0.15) is 5.26 Å². The number of nitrogens with zero attached hydrogens (tertiary/aromatic N) is 4. The van der Waals surface area contributed by atoms with Gasteiger partial charge in [-0.05, 0) is 106 Å². The number of aliphatic hydroxyl groups excluding tert-OH is 1. The number of nitriles is 1. The van der Waals surface area contributed by atoms with Gasteiger partial charge in [0.1, 0.15) is 25.4 Å². The average Bonchev–Trinajstić information content (AvgIpc) is 1.72. The van der Waals surface area contributed by atoms with Crippen molar-refractivity contribution in [2.75, 3.05) is 85.6 Å². The molecule has 7 atom stereocenters. The van der Waals surface area contributed by atoms with Gasteiger partial charge >= 0.3 is 12.2 Å². The van der Waals surface area contributed by atoms with Crippen molar-refractivity contribution in [3.8, 4) is 6.07 Å². The Morgan fingerprint density at radius 3 is 0.901 bits per heavy atom. The lowest BCUT2D eigenvalue weighted by Crippen LogP contribution is -2.36. The number of carbonyl (C=O) groups excluding carboxylic acids is 4. The minimum atomic E-state index is -1.35. The molecule has 0 saturated carbocycles. The fraction of sp³-hybridized carbons (Fsp3) is 0.955. The molecule has 2 saturated heterocycles. The Hall–Kier alpha value is -2.92. The number of likely N-dealkylation sites (tertiary alicyclic amines) is 2. The summed E-state index contributed by atoms with van der Waals surface area (Å²) < 4.78 is 50.7. The lowest BCUT2D eigenvalue weighted by atomic mass is 10.0. The third-order valence-corrected chi connectivity index (χ3v) is 28.9. The summed E-state index contributed by atoms with van der Waals surface area (Å²) in [6, 6.07) is 2.81. The van der Waals surface area contributed by atoms with Gasteiger partial charge in [0, 0.05) is 89.6 Å². The zero-order valence-electron chi connectivity index (χ0n) is 87.9. The molecule has 0 radical (unpaired) electrons. The zero-order valence-corrected chi connectivity index (χ0v) is 88.8. The van der Waals surface area contributed by atoms with Crippen LogP contribution in [0.25, 0.3) is 0 Å². The molecule has 0 aliphatic carbocycles. The van der Waals surface area contributed by atoms with E-state index in [9.17, 15) is 24.3 Å². The molecule has 0 aromatic carbocycles. The molecule has 131 heavy (non-hydrogen) atoms. The van der Waals surface area contributed by atoms with E-state index in [1.807, 2.05) is 11.8 Å². The number of carbonyl (C=O) groups is 4. The summed E-state index contributed by atoms with van der Waals surface area (Å²) in [5.41, 5.74) is 0. The molecule has 0 spiro atoms. The van der Waals surface area contributed by atoms with E-state index in [0.29, 0.717) is 91.5 Å². The summed E-state index contributed by atoms with van der Waals surface area (Å²) in [4.78, 5) is 54.7. The van der Waals surface area contributed by atoms with E-state index < -0.39 is 26.8 Å². The molecule has 774 valence electrons. The van der Waals surface area contributed by atoms with Crippen LogP contribution in [0.15, 0.2) is 0 Å². The standard InChI is InChI=1S/C60H117N4O7P.C51H100N2O6/c1-8-10-12-14-16-18-20-22-24-26-28-30-32-34-36-41-47-67-52-58(68-48-42-37-35-33-31-29-27-25-23-21-19-17-15-13-11-9-2)53-69-60(66)62-46-40-38-39-44-59(65)63-51-57(50-56(63)7)71-72(70-49-43-45-61)64(54(3)4)55(5)6;1-4-6-8-10-12-14-16-18-20-22-24-26-28-30-32-37-41-57-45-49(58-42-38-33-31-29-27-25-23-21-19-17-15-13-11-9-7-5-2)46-59-51(56)52-40-36-34-35-39-50(55)53-44-48(54)43-47(53)3/h54-58H,8-44,46-53H2,1-7H3,(H,62,66);47-49,54H,4-46H2,1-3H3,(H,52,56)/t56-,57-,58?,72?;47-,48-,49?/m11/s1. The number of nitrogens with one attached hydrogen (secondary N) is 2. The summed E-state index contributed by atoms with van der Waals surface area (Å²) >= 11 is 0. The van der Waals surface area contributed by atoms with Gasteiger partial charge in [-0.15, -0.1) is 0 Å². The molecule has 2 heterocycles. The first-order valence-corrected chi connectivity index (χ1v) is 58.0. The summed E-state index contributed by atoms with van der Waals surface area (Å²) in [5.74, 6) is 0.256. The second kappa shape index (κ2) is 97.3. The monoisotopic (exact) mass is 1870 g/mol. The molecule has 20 heteroatoms. The topological polar surface area (TPSA) is 220 Å². The number of hydrogen-bond donors (Lipinski definition) is 3. The molecule has 4 amide bonds. The number of β-amino-alcohol motifs (C(OH)–C–C–N with tert-alkyl or cyclic N) is 1. The van der Waals surface area contributed by atoms with E-state index in [1.54, 1.807) is 4.90 Å². The van der Waals surface area contributed by atoms with Crippen LogP contribution in [-0.2, 0) is 47.1 Å². The van der Waals surface area contributed by atoms with Crippen molar-refractivity contribution >= 4 is 32.5 Å². The molecular weight excluding hydrogens is 1660 g/mol. The first-order valence-electron chi connectivity index (χ1n) is 56.8. The summed E-state index contributed by atoms with van der Waals surface area (Å²) in [6.07, 6.45) is 92.0. The quantitative estimate of drug-likeness (QED) is 0.0381. The smallest absolute Gasteiger partial charge is 0.407 e. The normalized spacial score (nSPS) is 15.8. The van der Waals surface area contributed by atoms with E-state index in [1.165, 1.54) is 385 Å². The first kappa shape index (κ1) is 126. The van der Waals surface area contributed by atoms with Gasteiger partial charge in [0.15, 0.2) is 0 Å². The molecule has 0 bridgehead atoms. The molecule has 3 N–H and O–H groups in total. The van der Waals surface area contributed by atoms with Crippen LogP contribution in [-0.4, -0.2) is 178 Å². The SMILES string of the molecule is CCCCCCCCCCCCCCCCCCOCC(COC(=O)NCCCCCC(=O)N1C[C@H](O)C[C@H]1C)OCCCCCCCCCCCCCCCCCC.CCCCCCCCCCCCCCCCCCOCC(COC(=O)NCCCCCC(=O)N1C[C@H](OP(OCCC#N)N(C(C)C)C(C)C)C[C@H]1C)OCCCCCCCCCCCCCCCCCC. The second-order valence-corrected chi connectivity index (χ2v) is 41.6. The predicted octanol–water partition coefficient (Wildman–Crippen LogP) is 31.7. The van der Waals surface area contributed by atoms with E-state index in [-0.39, 0.29) is 67.5 Å². The minimum absolute atomic E-state index is 0.0902. The number of ether oxygens (including phenoxy) is 6. The number of rotatable bonds is 98. The Bertz CT molecular complexity index is 2480. The van der Waals surface area contributed by atoms with Gasteiger partial charge < -0.3 is 63.0 Å². The van der Waals surface area contributed by atoms with Crippen LogP contribution in [0.4, 0.5) is 9.59 Å². The summed E-state index contributed by atoms with van der Waals surface area (Å²) in [5, 5.41) is 24.7. The molecule has 3 unspecified atom stereocenters. The Kier molecular flexibility index (Phi) is 93.7. The summed E-state index contributed by atoms with van der Waals surface area (Å²) in [6.45, 7) is 28.1. The Labute approximate surface area is 811 Å². The van der Waals surface area contributed by atoms with Crippen LogP contribution in [0.2, 0.25) is 0 Å². The van der Waals surface area contributed by atoms with Crippen molar-refractivity contribution in [3.63, 3.8) is 0 Å². The van der Waals surface area contributed by atoms with Crippen LogP contribution in [0.1, 0.15) is 551 Å². The third kappa shape index (κ3) is 81.6. The molecule has 2 aliphatic heterocycles. The Morgan fingerprint density at radius 2 is 0.626 bits per heavy atom. The van der Waals surface area contributed by atoms with Gasteiger partial charge in [-0.3, -0.25) is 9.59 Å². The number of alkyl carbamates (subject to hydrolysis) is 2.